The predicted molar refractivity (Wildman–Crippen MR) is 121 cm³/mol. The van der Waals surface area contributed by atoms with Gasteiger partial charge in [-0.3, -0.25) is 9.59 Å². The summed E-state index contributed by atoms with van der Waals surface area (Å²) in [5, 5.41) is 14.6. The SMILES string of the molecule is CC(C)(CNC(=O)C1COCC1NC(=O)OCC1c2ccccc2-c2ccccc21)C(=O)O. The van der Waals surface area contributed by atoms with E-state index < -0.39 is 29.4 Å². The van der Waals surface area contributed by atoms with Crippen LogP contribution in [-0.2, 0) is 19.1 Å². The molecule has 1 saturated heterocycles. The largest absolute Gasteiger partial charge is 0.481 e. The summed E-state index contributed by atoms with van der Waals surface area (Å²) in [5.74, 6) is -2.03. The molecule has 8 heteroatoms. The Labute approximate surface area is 192 Å². The van der Waals surface area contributed by atoms with Gasteiger partial charge in [0.25, 0.3) is 0 Å². The molecule has 0 aromatic heterocycles. The Kier molecular flexibility index (Phi) is 6.37. The molecule has 3 N–H and O–H groups in total. The summed E-state index contributed by atoms with van der Waals surface area (Å²) in [6.45, 7) is 3.56. The lowest BCUT2D eigenvalue weighted by atomic mass is 9.93. The molecule has 1 fully saturated rings. The fourth-order valence-electron chi connectivity index (χ4n) is 4.26. The van der Waals surface area contributed by atoms with Gasteiger partial charge in [0.15, 0.2) is 0 Å². The van der Waals surface area contributed by atoms with Crippen LogP contribution in [-0.4, -0.2) is 55.5 Å². The van der Waals surface area contributed by atoms with Gasteiger partial charge in [0.05, 0.1) is 30.6 Å². The summed E-state index contributed by atoms with van der Waals surface area (Å²) in [7, 11) is 0. The zero-order valence-corrected chi connectivity index (χ0v) is 18.7. The molecular weight excluding hydrogens is 424 g/mol. The Hall–Kier alpha value is -3.39. The highest BCUT2D eigenvalue weighted by Crippen LogP contribution is 2.44. The van der Waals surface area contributed by atoms with Gasteiger partial charge in [-0.25, -0.2) is 4.79 Å². The number of fused-ring (bicyclic) bond motifs is 3. The zero-order valence-electron chi connectivity index (χ0n) is 18.7. The number of carboxylic acid groups (broad SMARTS) is 1. The Bertz CT molecular complexity index is 1020. The molecule has 8 nitrogen and oxygen atoms in total. The predicted octanol–water partition coefficient (Wildman–Crippen LogP) is 2.77. The van der Waals surface area contributed by atoms with Crippen molar-refractivity contribution in [1.29, 1.82) is 0 Å². The molecular formula is C25H28N2O6. The van der Waals surface area contributed by atoms with E-state index in [9.17, 15) is 19.5 Å². The monoisotopic (exact) mass is 452 g/mol. The number of ether oxygens (including phenoxy) is 2. The van der Waals surface area contributed by atoms with Gasteiger partial charge >= 0.3 is 12.1 Å². The molecule has 0 saturated carbocycles. The van der Waals surface area contributed by atoms with E-state index in [4.69, 9.17) is 9.47 Å². The first-order valence-corrected chi connectivity index (χ1v) is 11.0. The highest BCUT2D eigenvalue weighted by atomic mass is 16.5. The molecule has 174 valence electrons. The Morgan fingerprint density at radius 1 is 1.03 bits per heavy atom. The van der Waals surface area contributed by atoms with E-state index >= 15 is 0 Å². The van der Waals surface area contributed by atoms with E-state index in [1.807, 2.05) is 36.4 Å². The standard InChI is InChI=1S/C25H28N2O6/c1-25(2,23(29)30)14-26-22(28)20-11-32-13-21(20)27-24(31)33-12-19-17-9-5-3-7-15(17)16-8-4-6-10-18(16)19/h3-10,19-21H,11-14H2,1-2H3,(H,26,28)(H,27,31)(H,29,30). The maximum Gasteiger partial charge on any atom is 0.407 e. The molecule has 2 atom stereocenters. The minimum atomic E-state index is -1.09. The van der Waals surface area contributed by atoms with Crippen molar-refractivity contribution in [3.05, 3.63) is 59.7 Å². The topological polar surface area (TPSA) is 114 Å². The van der Waals surface area contributed by atoms with E-state index in [2.05, 4.69) is 22.8 Å². The molecule has 0 spiro atoms. The molecule has 2 aromatic rings. The molecule has 1 heterocycles. The van der Waals surface area contributed by atoms with Crippen LogP contribution in [0, 0.1) is 11.3 Å². The fraction of sp³-hybridized carbons (Fsp3) is 0.400. The first-order chi connectivity index (χ1) is 15.8. The quantitative estimate of drug-likeness (QED) is 0.595. The van der Waals surface area contributed by atoms with Crippen molar-refractivity contribution in [2.45, 2.75) is 25.8 Å². The number of benzene rings is 2. The summed E-state index contributed by atoms with van der Waals surface area (Å²) >= 11 is 0. The molecule has 1 aliphatic heterocycles. The van der Waals surface area contributed by atoms with Crippen LogP contribution in [0.4, 0.5) is 4.79 Å². The molecule has 2 aliphatic rings. The van der Waals surface area contributed by atoms with E-state index in [1.165, 1.54) is 13.8 Å². The number of aliphatic carboxylic acids is 1. The van der Waals surface area contributed by atoms with Gasteiger partial charge in [0, 0.05) is 12.5 Å². The van der Waals surface area contributed by atoms with Gasteiger partial charge in [-0.1, -0.05) is 48.5 Å². The van der Waals surface area contributed by atoms with E-state index in [0.717, 1.165) is 22.3 Å². The van der Waals surface area contributed by atoms with Crippen LogP contribution in [0.5, 0.6) is 0 Å². The highest BCUT2D eigenvalue weighted by molar-refractivity contribution is 5.82. The zero-order chi connectivity index (χ0) is 23.6. The second-order valence-corrected chi connectivity index (χ2v) is 9.13. The van der Waals surface area contributed by atoms with Gasteiger partial charge in [0.2, 0.25) is 5.91 Å². The molecule has 2 unspecified atom stereocenters. The van der Waals surface area contributed by atoms with Crippen molar-refractivity contribution in [1.82, 2.24) is 10.6 Å². The Morgan fingerprint density at radius 2 is 1.64 bits per heavy atom. The van der Waals surface area contributed by atoms with Gasteiger partial charge < -0.3 is 25.2 Å². The number of amides is 2. The van der Waals surface area contributed by atoms with Crippen LogP contribution < -0.4 is 10.6 Å². The van der Waals surface area contributed by atoms with Gasteiger partial charge in [-0.05, 0) is 36.1 Å². The van der Waals surface area contributed by atoms with Crippen LogP contribution in [0.3, 0.4) is 0 Å². The van der Waals surface area contributed by atoms with E-state index in [-0.39, 0.29) is 38.2 Å². The van der Waals surface area contributed by atoms with Crippen molar-refractivity contribution in [2.24, 2.45) is 11.3 Å². The lowest BCUT2D eigenvalue weighted by molar-refractivity contribution is -0.146. The van der Waals surface area contributed by atoms with Crippen molar-refractivity contribution in [3.8, 4) is 11.1 Å². The van der Waals surface area contributed by atoms with Crippen LogP contribution in [0.25, 0.3) is 11.1 Å². The van der Waals surface area contributed by atoms with Crippen molar-refractivity contribution < 1.29 is 29.0 Å². The molecule has 0 radical (unpaired) electrons. The van der Waals surface area contributed by atoms with E-state index in [1.54, 1.807) is 0 Å². The van der Waals surface area contributed by atoms with Crippen LogP contribution >= 0.6 is 0 Å². The Morgan fingerprint density at radius 3 is 2.24 bits per heavy atom. The van der Waals surface area contributed by atoms with Crippen LogP contribution in [0.2, 0.25) is 0 Å². The maximum atomic E-state index is 12.6. The summed E-state index contributed by atoms with van der Waals surface area (Å²) < 4.78 is 11.0. The smallest absolute Gasteiger partial charge is 0.407 e. The number of hydrogen-bond donors (Lipinski definition) is 3. The first-order valence-electron chi connectivity index (χ1n) is 11.0. The minimum absolute atomic E-state index is 0.0185. The molecule has 0 bridgehead atoms. The third-order valence-corrected chi connectivity index (χ3v) is 6.35. The third-order valence-electron chi connectivity index (χ3n) is 6.35. The van der Waals surface area contributed by atoms with Gasteiger partial charge in [-0.15, -0.1) is 0 Å². The minimum Gasteiger partial charge on any atom is -0.481 e. The number of hydrogen-bond acceptors (Lipinski definition) is 5. The number of rotatable bonds is 7. The maximum absolute atomic E-state index is 12.6. The second kappa shape index (κ2) is 9.23. The molecule has 2 aromatic carbocycles. The molecule has 4 rings (SSSR count). The summed E-state index contributed by atoms with van der Waals surface area (Å²) in [6.07, 6.45) is -0.615. The summed E-state index contributed by atoms with van der Waals surface area (Å²) in [4.78, 5) is 36.4. The molecule has 2 amide bonds. The van der Waals surface area contributed by atoms with Crippen molar-refractivity contribution in [2.75, 3.05) is 26.4 Å². The average Bonchev–Trinajstić information content (AvgIpc) is 3.38. The number of carboxylic acids is 1. The van der Waals surface area contributed by atoms with Crippen molar-refractivity contribution in [3.63, 3.8) is 0 Å². The highest BCUT2D eigenvalue weighted by Gasteiger charge is 2.37. The molecule has 1 aliphatic carbocycles. The van der Waals surface area contributed by atoms with Crippen molar-refractivity contribution >= 4 is 18.0 Å². The number of carbonyl (C=O) groups excluding carboxylic acids is 2. The summed E-state index contributed by atoms with van der Waals surface area (Å²) in [6, 6.07) is 15.6. The molecule has 33 heavy (non-hydrogen) atoms. The second-order valence-electron chi connectivity index (χ2n) is 9.13. The summed E-state index contributed by atoms with van der Waals surface area (Å²) in [5.41, 5.74) is 3.44. The van der Waals surface area contributed by atoms with Crippen LogP contribution in [0.15, 0.2) is 48.5 Å². The fourth-order valence-corrected chi connectivity index (χ4v) is 4.26. The third kappa shape index (κ3) is 4.71. The lowest BCUT2D eigenvalue weighted by Gasteiger charge is -2.23. The number of nitrogens with one attached hydrogen (secondary N) is 2. The Balaban J connectivity index is 1.34. The number of alkyl carbamates (subject to hydrolysis) is 1. The van der Waals surface area contributed by atoms with Crippen LogP contribution in [0.1, 0.15) is 30.9 Å². The number of carbonyl (C=O) groups is 3. The van der Waals surface area contributed by atoms with Gasteiger partial charge in [0.1, 0.15) is 6.61 Å². The normalized spacial score (nSPS) is 19.5. The first kappa shape index (κ1) is 22.8. The van der Waals surface area contributed by atoms with E-state index in [0.29, 0.717) is 0 Å². The van der Waals surface area contributed by atoms with Gasteiger partial charge in [-0.2, -0.15) is 0 Å². The lowest BCUT2D eigenvalue weighted by Crippen LogP contribution is -2.48. The average molecular weight is 453 g/mol.